The second-order valence-corrected chi connectivity index (χ2v) is 6.32. The molecule has 2 N–H and O–H groups in total. The van der Waals surface area contributed by atoms with Gasteiger partial charge in [0.2, 0.25) is 0 Å². The molecular formula is C21H22N2O4. The summed E-state index contributed by atoms with van der Waals surface area (Å²) in [5.74, 6) is 0.0943. The Hall–Kier alpha value is -3.12. The van der Waals surface area contributed by atoms with Gasteiger partial charge in [0, 0.05) is 12.4 Å². The summed E-state index contributed by atoms with van der Waals surface area (Å²) in [5.41, 5.74) is 8.62. The third-order valence-electron chi connectivity index (χ3n) is 4.66. The minimum absolute atomic E-state index is 0.135. The molecule has 1 atom stereocenters. The van der Waals surface area contributed by atoms with Crippen LogP contribution in [0, 0.1) is 0 Å². The summed E-state index contributed by atoms with van der Waals surface area (Å²) in [6.45, 7) is 0. The van der Waals surface area contributed by atoms with Crippen LogP contribution in [-0.4, -0.2) is 30.8 Å². The summed E-state index contributed by atoms with van der Waals surface area (Å²) in [6.07, 6.45) is 0.361. The number of para-hydroxylation sites is 1. The molecule has 0 aliphatic heterocycles. The fourth-order valence-corrected chi connectivity index (χ4v) is 3.23. The number of carbonyl (C=O) groups excluding carboxylic acids is 1. The number of hydrogen-bond acceptors (Lipinski definition) is 5. The first-order chi connectivity index (χ1) is 13.0. The van der Waals surface area contributed by atoms with Crippen molar-refractivity contribution < 1.29 is 14.3 Å². The van der Waals surface area contributed by atoms with E-state index in [4.69, 9.17) is 10.5 Å². The van der Waals surface area contributed by atoms with Gasteiger partial charge in [0.15, 0.2) is 0 Å². The summed E-state index contributed by atoms with van der Waals surface area (Å²) >= 11 is 0. The van der Waals surface area contributed by atoms with E-state index in [1.54, 1.807) is 18.7 Å². The minimum Gasteiger partial charge on any atom is -0.495 e. The molecule has 0 fully saturated rings. The molecule has 0 radical (unpaired) electrons. The molecular weight excluding hydrogens is 344 g/mol. The quantitative estimate of drug-likeness (QED) is 0.700. The zero-order valence-corrected chi connectivity index (χ0v) is 15.6. The maximum Gasteiger partial charge on any atom is 0.322 e. The molecule has 0 aliphatic rings. The molecule has 3 rings (SSSR count). The summed E-state index contributed by atoms with van der Waals surface area (Å²) in [5, 5.41) is 0.869. The first-order valence-electron chi connectivity index (χ1n) is 8.56. The van der Waals surface area contributed by atoms with Gasteiger partial charge >= 0.3 is 5.97 Å². The molecule has 140 valence electrons. The SMILES string of the molecule is COC(=O)[C@@H](N)Cc1ccc(-c2c(OC)c3ccccc3n(C)c2=O)cc1. The fraction of sp³-hybridized carbons (Fsp3) is 0.238. The van der Waals surface area contributed by atoms with E-state index in [9.17, 15) is 9.59 Å². The highest BCUT2D eigenvalue weighted by atomic mass is 16.5. The number of nitrogens with two attached hydrogens (primary N) is 1. The van der Waals surface area contributed by atoms with Crippen molar-refractivity contribution in [3.63, 3.8) is 0 Å². The fourth-order valence-electron chi connectivity index (χ4n) is 3.23. The number of carbonyl (C=O) groups is 1. The lowest BCUT2D eigenvalue weighted by Crippen LogP contribution is -2.33. The smallest absolute Gasteiger partial charge is 0.322 e. The molecule has 3 aromatic rings. The normalized spacial score (nSPS) is 12.0. The van der Waals surface area contributed by atoms with Gasteiger partial charge in [-0.25, -0.2) is 0 Å². The maximum absolute atomic E-state index is 13.0. The van der Waals surface area contributed by atoms with Crippen LogP contribution in [-0.2, 0) is 23.0 Å². The number of aromatic nitrogens is 1. The van der Waals surface area contributed by atoms with Gasteiger partial charge in [-0.15, -0.1) is 0 Å². The highest BCUT2D eigenvalue weighted by Crippen LogP contribution is 2.33. The molecule has 6 nitrogen and oxygen atoms in total. The Labute approximate surface area is 157 Å². The van der Waals surface area contributed by atoms with Gasteiger partial charge in [-0.2, -0.15) is 0 Å². The summed E-state index contributed by atoms with van der Waals surface area (Å²) in [7, 11) is 4.62. The molecule has 6 heteroatoms. The number of pyridine rings is 1. The van der Waals surface area contributed by atoms with Gasteiger partial charge in [0.05, 0.1) is 25.3 Å². The van der Waals surface area contributed by atoms with E-state index in [1.165, 1.54) is 7.11 Å². The van der Waals surface area contributed by atoms with Crippen LogP contribution in [0.15, 0.2) is 53.3 Å². The average molecular weight is 366 g/mol. The molecule has 1 aromatic heterocycles. The van der Waals surface area contributed by atoms with Crippen molar-refractivity contribution in [1.82, 2.24) is 4.57 Å². The number of fused-ring (bicyclic) bond motifs is 1. The number of rotatable bonds is 5. The second-order valence-electron chi connectivity index (χ2n) is 6.32. The van der Waals surface area contributed by atoms with Gasteiger partial charge in [0.25, 0.3) is 5.56 Å². The van der Waals surface area contributed by atoms with E-state index in [-0.39, 0.29) is 5.56 Å². The predicted molar refractivity (Wildman–Crippen MR) is 105 cm³/mol. The van der Waals surface area contributed by atoms with E-state index < -0.39 is 12.0 Å². The molecule has 0 bridgehead atoms. The van der Waals surface area contributed by atoms with Crippen LogP contribution in [0.2, 0.25) is 0 Å². The van der Waals surface area contributed by atoms with E-state index >= 15 is 0 Å². The molecule has 2 aromatic carbocycles. The molecule has 0 amide bonds. The van der Waals surface area contributed by atoms with Crippen molar-refractivity contribution in [2.75, 3.05) is 14.2 Å². The Morgan fingerprint density at radius 3 is 2.41 bits per heavy atom. The first kappa shape index (κ1) is 18.7. The minimum atomic E-state index is -0.719. The molecule has 0 unspecified atom stereocenters. The second kappa shape index (κ2) is 7.63. The third kappa shape index (κ3) is 3.44. The molecule has 27 heavy (non-hydrogen) atoms. The van der Waals surface area contributed by atoms with Crippen LogP contribution in [0.1, 0.15) is 5.56 Å². The van der Waals surface area contributed by atoms with Crippen LogP contribution in [0.5, 0.6) is 5.75 Å². The lowest BCUT2D eigenvalue weighted by atomic mass is 9.99. The van der Waals surface area contributed by atoms with E-state index in [0.717, 1.165) is 22.0 Å². The lowest BCUT2D eigenvalue weighted by Gasteiger charge is -2.15. The van der Waals surface area contributed by atoms with Gasteiger partial charge in [-0.05, 0) is 29.7 Å². The van der Waals surface area contributed by atoms with Gasteiger partial charge < -0.3 is 19.8 Å². The number of esters is 1. The zero-order valence-electron chi connectivity index (χ0n) is 15.6. The standard InChI is InChI=1S/C21H22N2O4/c1-23-17-7-5-4-6-15(17)19(26-2)18(20(23)24)14-10-8-13(9-11-14)12-16(22)21(25)27-3/h4-11,16H,12,22H2,1-3H3/t16-/m0/s1. The van der Waals surface area contributed by atoms with Crippen molar-refractivity contribution in [3.05, 3.63) is 64.4 Å². The Morgan fingerprint density at radius 1 is 1.11 bits per heavy atom. The van der Waals surface area contributed by atoms with Crippen LogP contribution < -0.4 is 16.0 Å². The number of nitrogens with zero attached hydrogens (tertiary/aromatic N) is 1. The number of aryl methyl sites for hydroxylation is 1. The lowest BCUT2D eigenvalue weighted by molar-refractivity contribution is -0.142. The Bertz CT molecular complexity index is 1040. The number of hydrogen-bond donors (Lipinski definition) is 1. The predicted octanol–water partition coefficient (Wildman–Crippen LogP) is 2.26. The Kier molecular flexibility index (Phi) is 5.28. The van der Waals surface area contributed by atoms with E-state index in [2.05, 4.69) is 4.74 Å². The number of benzene rings is 2. The molecule has 0 spiro atoms. The third-order valence-corrected chi connectivity index (χ3v) is 4.66. The molecule has 0 saturated heterocycles. The van der Waals surface area contributed by atoms with E-state index in [1.807, 2.05) is 48.5 Å². The van der Waals surface area contributed by atoms with Gasteiger partial charge in [-0.3, -0.25) is 9.59 Å². The van der Waals surface area contributed by atoms with Crippen molar-refractivity contribution in [2.45, 2.75) is 12.5 Å². The van der Waals surface area contributed by atoms with Crippen molar-refractivity contribution in [1.29, 1.82) is 0 Å². The van der Waals surface area contributed by atoms with Gasteiger partial charge in [0.1, 0.15) is 11.8 Å². The Balaban J connectivity index is 2.07. The van der Waals surface area contributed by atoms with Crippen molar-refractivity contribution in [3.8, 4) is 16.9 Å². The van der Waals surface area contributed by atoms with Crippen molar-refractivity contribution >= 4 is 16.9 Å². The molecule has 0 aliphatic carbocycles. The zero-order chi connectivity index (χ0) is 19.6. The highest BCUT2D eigenvalue weighted by Gasteiger charge is 2.18. The largest absolute Gasteiger partial charge is 0.495 e. The van der Waals surface area contributed by atoms with Gasteiger partial charge in [-0.1, -0.05) is 36.4 Å². The maximum atomic E-state index is 13.0. The van der Waals surface area contributed by atoms with E-state index in [0.29, 0.717) is 17.7 Å². The monoisotopic (exact) mass is 366 g/mol. The number of methoxy groups -OCH3 is 2. The van der Waals surface area contributed by atoms with Crippen LogP contribution in [0.25, 0.3) is 22.0 Å². The first-order valence-corrected chi connectivity index (χ1v) is 8.56. The van der Waals surface area contributed by atoms with Crippen molar-refractivity contribution in [2.24, 2.45) is 12.8 Å². The topological polar surface area (TPSA) is 83.5 Å². The Morgan fingerprint density at radius 2 is 1.78 bits per heavy atom. The molecule has 1 heterocycles. The summed E-state index contributed by atoms with van der Waals surface area (Å²) in [6, 6.07) is 14.3. The molecule has 0 saturated carbocycles. The summed E-state index contributed by atoms with van der Waals surface area (Å²) in [4.78, 5) is 24.4. The summed E-state index contributed by atoms with van der Waals surface area (Å²) < 4.78 is 11.9. The number of ether oxygens (including phenoxy) is 2. The highest BCUT2D eigenvalue weighted by molar-refractivity contribution is 5.92. The average Bonchev–Trinajstić information content (AvgIpc) is 2.70. The van der Waals surface area contributed by atoms with Crippen LogP contribution in [0.3, 0.4) is 0 Å². The van der Waals surface area contributed by atoms with Crippen LogP contribution in [0.4, 0.5) is 0 Å². The van der Waals surface area contributed by atoms with Crippen LogP contribution >= 0.6 is 0 Å².